The van der Waals surface area contributed by atoms with Crippen LogP contribution in [-0.4, -0.2) is 39.4 Å². The van der Waals surface area contributed by atoms with Gasteiger partial charge in [0.2, 0.25) is 5.91 Å². The van der Waals surface area contributed by atoms with Gasteiger partial charge in [0, 0.05) is 20.3 Å². The first kappa shape index (κ1) is 15.1. The van der Waals surface area contributed by atoms with Crippen molar-refractivity contribution in [3.05, 3.63) is 23.1 Å². The van der Waals surface area contributed by atoms with Crippen LogP contribution in [0.15, 0.2) is 12.3 Å². The van der Waals surface area contributed by atoms with Crippen molar-refractivity contribution in [1.82, 2.24) is 19.4 Å². The van der Waals surface area contributed by atoms with Crippen LogP contribution in [0.2, 0.25) is 5.02 Å². The number of nitrogens with zero attached hydrogens (tertiary/aromatic N) is 4. The largest absolute Gasteiger partial charge is 0.347 e. The zero-order valence-corrected chi connectivity index (χ0v) is 13.3. The number of likely N-dealkylation sites (N-methyl/N-ethyl adjacent to an activating group) is 1. The topological polar surface area (TPSA) is 51.0 Å². The number of carbonyl (C=O) groups is 1. The lowest BCUT2D eigenvalue weighted by Crippen LogP contribution is -2.31. The fourth-order valence-electron chi connectivity index (χ4n) is 2.12. The summed E-state index contributed by atoms with van der Waals surface area (Å²) < 4.78 is 1.77. The van der Waals surface area contributed by atoms with Crippen LogP contribution in [0.1, 0.15) is 31.1 Å². The first-order valence-electron chi connectivity index (χ1n) is 6.21. The SMILES string of the molecule is CC(Cl)c1nc2cc(Cl)cnc2n1C(C)C(=O)N(C)C. The molecule has 0 spiro atoms. The molecule has 2 unspecified atom stereocenters. The number of alkyl halides is 1. The number of hydrogen-bond acceptors (Lipinski definition) is 3. The molecule has 0 saturated heterocycles. The highest BCUT2D eigenvalue weighted by atomic mass is 35.5. The van der Waals surface area contributed by atoms with Gasteiger partial charge in [-0.1, -0.05) is 11.6 Å². The Hall–Kier alpha value is -1.33. The molecule has 20 heavy (non-hydrogen) atoms. The minimum Gasteiger partial charge on any atom is -0.347 e. The Morgan fingerprint density at radius 1 is 1.40 bits per heavy atom. The van der Waals surface area contributed by atoms with E-state index in [1.54, 1.807) is 24.7 Å². The van der Waals surface area contributed by atoms with Crippen molar-refractivity contribution in [2.75, 3.05) is 14.1 Å². The Balaban J connectivity index is 2.66. The van der Waals surface area contributed by atoms with E-state index in [0.717, 1.165) is 0 Å². The van der Waals surface area contributed by atoms with Gasteiger partial charge >= 0.3 is 0 Å². The predicted octanol–water partition coefficient (Wildman–Crippen LogP) is 3.03. The number of fused-ring (bicyclic) bond motifs is 1. The van der Waals surface area contributed by atoms with Gasteiger partial charge in [-0.3, -0.25) is 9.36 Å². The molecule has 0 N–H and O–H groups in total. The van der Waals surface area contributed by atoms with E-state index in [9.17, 15) is 4.79 Å². The number of amides is 1. The van der Waals surface area contributed by atoms with E-state index in [2.05, 4.69) is 9.97 Å². The average molecular weight is 315 g/mol. The molecule has 0 aromatic carbocycles. The summed E-state index contributed by atoms with van der Waals surface area (Å²) >= 11 is 12.1. The number of carbonyl (C=O) groups excluding carboxylic acids is 1. The Labute approximate surface area is 127 Å². The highest BCUT2D eigenvalue weighted by molar-refractivity contribution is 6.31. The Morgan fingerprint density at radius 2 is 2.05 bits per heavy atom. The van der Waals surface area contributed by atoms with Crippen molar-refractivity contribution in [2.45, 2.75) is 25.3 Å². The fraction of sp³-hybridized carbons (Fsp3) is 0.462. The summed E-state index contributed by atoms with van der Waals surface area (Å²) in [4.78, 5) is 22.5. The first-order chi connectivity index (χ1) is 9.32. The highest BCUT2D eigenvalue weighted by Crippen LogP contribution is 2.28. The minimum absolute atomic E-state index is 0.0420. The Morgan fingerprint density at radius 3 is 2.60 bits per heavy atom. The van der Waals surface area contributed by atoms with Gasteiger partial charge in [-0.15, -0.1) is 11.6 Å². The van der Waals surface area contributed by atoms with E-state index in [4.69, 9.17) is 23.2 Å². The Kier molecular flexibility index (Phi) is 4.20. The quantitative estimate of drug-likeness (QED) is 0.818. The average Bonchev–Trinajstić information content (AvgIpc) is 2.75. The van der Waals surface area contributed by atoms with Gasteiger partial charge in [0.05, 0.1) is 10.4 Å². The third kappa shape index (κ3) is 2.60. The van der Waals surface area contributed by atoms with Crippen LogP contribution < -0.4 is 0 Å². The van der Waals surface area contributed by atoms with Crippen molar-refractivity contribution in [3.63, 3.8) is 0 Å². The number of aromatic nitrogens is 3. The third-order valence-corrected chi connectivity index (χ3v) is 3.47. The molecule has 0 aliphatic heterocycles. The van der Waals surface area contributed by atoms with Crippen LogP contribution in [0.3, 0.4) is 0 Å². The number of halogens is 2. The zero-order chi connectivity index (χ0) is 15.0. The molecular formula is C13H16Cl2N4O. The van der Waals surface area contributed by atoms with E-state index in [0.29, 0.717) is 22.0 Å². The lowest BCUT2D eigenvalue weighted by Gasteiger charge is -2.20. The number of pyridine rings is 1. The van der Waals surface area contributed by atoms with Crippen LogP contribution in [0.4, 0.5) is 0 Å². The van der Waals surface area contributed by atoms with Gasteiger partial charge in [-0.25, -0.2) is 9.97 Å². The summed E-state index contributed by atoms with van der Waals surface area (Å²) in [6.45, 7) is 3.62. The van der Waals surface area contributed by atoms with E-state index in [1.165, 1.54) is 11.1 Å². The molecule has 5 nitrogen and oxygen atoms in total. The second kappa shape index (κ2) is 5.58. The van der Waals surface area contributed by atoms with Crippen LogP contribution in [0, 0.1) is 0 Å². The number of hydrogen-bond donors (Lipinski definition) is 0. The molecule has 0 aliphatic rings. The summed E-state index contributed by atoms with van der Waals surface area (Å²) in [5, 5.41) is 0.169. The maximum Gasteiger partial charge on any atom is 0.244 e. The molecule has 108 valence electrons. The standard InChI is InChI=1S/C13H16Cl2N4O/c1-7(14)11-17-10-5-9(15)6-16-12(10)19(11)8(2)13(20)18(3)4/h5-8H,1-4H3. The second-order valence-electron chi connectivity index (χ2n) is 4.86. The van der Waals surface area contributed by atoms with Crippen molar-refractivity contribution in [1.29, 1.82) is 0 Å². The number of rotatable bonds is 3. The van der Waals surface area contributed by atoms with Crippen molar-refractivity contribution >= 4 is 40.3 Å². The van der Waals surface area contributed by atoms with E-state index in [-0.39, 0.29) is 11.3 Å². The second-order valence-corrected chi connectivity index (χ2v) is 5.95. The lowest BCUT2D eigenvalue weighted by atomic mass is 10.2. The summed E-state index contributed by atoms with van der Waals surface area (Å²) in [6, 6.07) is 1.29. The highest BCUT2D eigenvalue weighted by Gasteiger charge is 2.25. The summed E-state index contributed by atoms with van der Waals surface area (Å²) in [6.07, 6.45) is 1.54. The zero-order valence-electron chi connectivity index (χ0n) is 11.8. The van der Waals surface area contributed by atoms with Gasteiger partial charge in [-0.2, -0.15) is 0 Å². The van der Waals surface area contributed by atoms with Gasteiger partial charge in [0.15, 0.2) is 5.65 Å². The van der Waals surface area contributed by atoms with Crippen LogP contribution in [-0.2, 0) is 4.79 Å². The van der Waals surface area contributed by atoms with Crippen LogP contribution in [0.25, 0.3) is 11.2 Å². The molecular weight excluding hydrogens is 299 g/mol. The molecule has 2 aromatic rings. The van der Waals surface area contributed by atoms with Crippen LogP contribution in [0.5, 0.6) is 0 Å². The molecule has 0 bridgehead atoms. The molecule has 0 fully saturated rings. The van der Waals surface area contributed by atoms with E-state index >= 15 is 0 Å². The first-order valence-corrected chi connectivity index (χ1v) is 7.03. The van der Waals surface area contributed by atoms with E-state index in [1.807, 2.05) is 13.8 Å². The van der Waals surface area contributed by atoms with Crippen molar-refractivity contribution in [2.24, 2.45) is 0 Å². The molecule has 2 aromatic heterocycles. The molecule has 2 heterocycles. The normalized spacial score (nSPS) is 14.3. The molecule has 0 radical (unpaired) electrons. The van der Waals surface area contributed by atoms with Crippen LogP contribution >= 0.6 is 23.2 Å². The van der Waals surface area contributed by atoms with E-state index < -0.39 is 6.04 Å². The summed E-state index contributed by atoms with van der Waals surface area (Å²) in [5.74, 6) is 0.568. The van der Waals surface area contributed by atoms with Crippen molar-refractivity contribution in [3.8, 4) is 0 Å². The predicted molar refractivity (Wildman–Crippen MR) is 80.2 cm³/mol. The maximum absolute atomic E-state index is 12.2. The molecule has 2 atom stereocenters. The van der Waals surface area contributed by atoms with Gasteiger partial charge in [-0.05, 0) is 19.9 Å². The molecule has 0 aliphatic carbocycles. The van der Waals surface area contributed by atoms with Gasteiger partial charge in [0.1, 0.15) is 17.4 Å². The van der Waals surface area contributed by atoms with Gasteiger partial charge in [0.25, 0.3) is 0 Å². The lowest BCUT2D eigenvalue weighted by molar-refractivity contribution is -0.131. The fourth-order valence-corrected chi connectivity index (χ4v) is 2.43. The molecule has 7 heteroatoms. The monoisotopic (exact) mass is 314 g/mol. The Bertz CT molecular complexity index is 651. The summed E-state index contributed by atoms with van der Waals surface area (Å²) in [7, 11) is 3.43. The summed E-state index contributed by atoms with van der Waals surface area (Å²) in [5.41, 5.74) is 1.25. The molecule has 1 amide bonds. The number of imidazole rings is 1. The molecule has 0 saturated carbocycles. The minimum atomic E-state index is -0.431. The van der Waals surface area contributed by atoms with Crippen molar-refractivity contribution < 1.29 is 4.79 Å². The maximum atomic E-state index is 12.2. The molecule has 2 rings (SSSR count). The third-order valence-electron chi connectivity index (χ3n) is 3.07. The van der Waals surface area contributed by atoms with Gasteiger partial charge < -0.3 is 4.90 Å². The smallest absolute Gasteiger partial charge is 0.244 e.